The van der Waals surface area contributed by atoms with Crippen molar-refractivity contribution < 1.29 is 19.7 Å². The molecular weight excluding hydrogens is 472 g/mol. The van der Waals surface area contributed by atoms with Gasteiger partial charge < -0.3 is 14.9 Å². The minimum absolute atomic E-state index is 0.0747. The van der Waals surface area contributed by atoms with Crippen molar-refractivity contribution in [3.63, 3.8) is 0 Å². The van der Waals surface area contributed by atoms with E-state index in [0.717, 1.165) is 24.3 Å². The molecule has 4 heteroatoms. The van der Waals surface area contributed by atoms with Crippen LogP contribution in [0.25, 0.3) is 0 Å². The van der Waals surface area contributed by atoms with Crippen molar-refractivity contribution in [2.45, 2.75) is 129 Å². The van der Waals surface area contributed by atoms with Crippen LogP contribution < -0.4 is 4.74 Å². The van der Waals surface area contributed by atoms with E-state index in [0.29, 0.717) is 5.56 Å². The summed E-state index contributed by atoms with van der Waals surface area (Å²) in [5.41, 5.74) is 0.973. The van der Waals surface area contributed by atoms with Gasteiger partial charge in [0.05, 0.1) is 6.61 Å². The highest BCUT2D eigenvalue weighted by Crippen LogP contribution is 2.38. The van der Waals surface area contributed by atoms with Crippen LogP contribution in [0.2, 0.25) is 0 Å². The van der Waals surface area contributed by atoms with Crippen LogP contribution in [0.4, 0.5) is 0 Å². The van der Waals surface area contributed by atoms with E-state index in [1.165, 1.54) is 102 Å². The number of aromatic carboxylic acids is 1. The molecule has 0 spiro atoms. The molecule has 0 aromatic heterocycles. The van der Waals surface area contributed by atoms with E-state index < -0.39 is 11.4 Å². The zero-order valence-corrected chi connectivity index (χ0v) is 24.3. The Balaban J connectivity index is 1.55. The fraction of sp³-hybridized carbons (Fsp3) is 0.618. The maximum Gasteiger partial charge on any atom is 0.339 e. The van der Waals surface area contributed by atoms with Gasteiger partial charge in [0.2, 0.25) is 0 Å². The Morgan fingerprint density at radius 2 is 1.18 bits per heavy atom. The van der Waals surface area contributed by atoms with Crippen LogP contribution in [0.3, 0.4) is 0 Å². The third kappa shape index (κ3) is 11.1. The van der Waals surface area contributed by atoms with Gasteiger partial charge >= 0.3 is 5.97 Å². The molecule has 0 aliphatic heterocycles. The Morgan fingerprint density at radius 1 is 0.711 bits per heavy atom. The molecule has 0 fully saturated rings. The van der Waals surface area contributed by atoms with E-state index in [-0.39, 0.29) is 11.3 Å². The molecule has 212 valence electrons. The second-order valence-corrected chi connectivity index (χ2v) is 11.3. The van der Waals surface area contributed by atoms with Crippen LogP contribution in [0.1, 0.15) is 145 Å². The van der Waals surface area contributed by atoms with Crippen LogP contribution in [-0.2, 0) is 5.41 Å². The summed E-state index contributed by atoms with van der Waals surface area (Å²) in [5, 5.41) is 19.8. The maximum absolute atomic E-state index is 11.4. The summed E-state index contributed by atoms with van der Waals surface area (Å²) >= 11 is 0. The molecule has 0 heterocycles. The number of benzene rings is 2. The molecule has 4 nitrogen and oxygen atoms in total. The summed E-state index contributed by atoms with van der Waals surface area (Å²) in [5.74, 6) is -0.458. The van der Waals surface area contributed by atoms with Gasteiger partial charge in [0.15, 0.2) is 0 Å². The fourth-order valence-electron chi connectivity index (χ4n) is 5.18. The summed E-state index contributed by atoms with van der Waals surface area (Å²) in [4.78, 5) is 11.4. The lowest BCUT2D eigenvalue weighted by atomic mass is 9.77. The third-order valence-electron chi connectivity index (χ3n) is 7.78. The highest BCUT2D eigenvalue weighted by Gasteiger charge is 2.28. The number of para-hydroxylation sites is 1. The monoisotopic (exact) mass is 524 g/mol. The molecule has 38 heavy (non-hydrogen) atoms. The van der Waals surface area contributed by atoms with Crippen molar-refractivity contribution in [1.29, 1.82) is 0 Å². The molecular formula is C34H52O4. The van der Waals surface area contributed by atoms with Crippen molar-refractivity contribution in [3.8, 4) is 11.5 Å². The van der Waals surface area contributed by atoms with E-state index >= 15 is 0 Å². The van der Waals surface area contributed by atoms with Gasteiger partial charge in [-0.2, -0.15) is 0 Å². The second kappa shape index (κ2) is 17.9. The average Bonchev–Trinajstić information content (AvgIpc) is 2.90. The van der Waals surface area contributed by atoms with E-state index in [1.54, 1.807) is 12.1 Å². The molecule has 2 N–H and O–H groups in total. The lowest BCUT2D eigenvalue weighted by Crippen LogP contribution is -2.20. The summed E-state index contributed by atoms with van der Waals surface area (Å²) in [6.45, 7) is 6.98. The van der Waals surface area contributed by atoms with Gasteiger partial charge in [-0.15, -0.1) is 0 Å². The summed E-state index contributed by atoms with van der Waals surface area (Å²) in [6.07, 6.45) is 21.8. The number of ether oxygens (including phenoxy) is 1. The zero-order chi connectivity index (χ0) is 27.6. The van der Waals surface area contributed by atoms with Crippen LogP contribution in [-0.4, -0.2) is 22.8 Å². The van der Waals surface area contributed by atoms with E-state index in [4.69, 9.17) is 4.74 Å². The van der Waals surface area contributed by atoms with Crippen molar-refractivity contribution in [1.82, 2.24) is 0 Å². The first-order chi connectivity index (χ1) is 18.4. The predicted molar refractivity (Wildman–Crippen MR) is 159 cm³/mol. The van der Waals surface area contributed by atoms with Crippen LogP contribution in [0.15, 0.2) is 42.5 Å². The van der Waals surface area contributed by atoms with Gasteiger partial charge in [-0.05, 0) is 30.2 Å². The Hall–Kier alpha value is -2.49. The topological polar surface area (TPSA) is 66.8 Å². The number of rotatable bonds is 21. The molecule has 0 radical (unpaired) electrons. The van der Waals surface area contributed by atoms with Gasteiger partial charge in [-0.25, -0.2) is 4.79 Å². The summed E-state index contributed by atoms with van der Waals surface area (Å²) < 4.78 is 5.95. The Labute approximate surface area is 231 Å². The lowest BCUT2D eigenvalue weighted by molar-refractivity contribution is 0.0693. The first kappa shape index (κ1) is 31.7. The van der Waals surface area contributed by atoms with Crippen molar-refractivity contribution in [3.05, 3.63) is 59.2 Å². The number of phenols is 1. The first-order valence-corrected chi connectivity index (χ1v) is 15.2. The van der Waals surface area contributed by atoms with Crippen LogP contribution in [0, 0.1) is 0 Å². The van der Waals surface area contributed by atoms with E-state index in [1.807, 2.05) is 38.1 Å². The van der Waals surface area contributed by atoms with E-state index in [2.05, 4.69) is 6.92 Å². The number of hydrogen-bond acceptors (Lipinski definition) is 3. The molecule has 0 amide bonds. The SMILES string of the molecule is CCCCCCCCCCCCCCCCCCOc1ccc(C(C)(C)c2cccc(C(=O)O)c2O)cc1. The molecule has 0 saturated carbocycles. The maximum atomic E-state index is 11.4. The van der Waals surface area contributed by atoms with Gasteiger partial charge in [-0.3, -0.25) is 0 Å². The Bertz CT molecular complexity index is 917. The molecule has 0 atom stereocenters. The van der Waals surface area contributed by atoms with Crippen LogP contribution in [0.5, 0.6) is 11.5 Å². The average molecular weight is 525 g/mol. The molecule has 2 aromatic rings. The molecule has 0 unspecified atom stereocenters. The highest BCUT2D eigenvalue weighted by molar-refractivity contribution is 5.91. The first-order valence-electron chi connectivity index (χ1n) is 15.2. The third-order valence-corrected chi connectivity index (χ3v) is 7.78. The number of aromatic hydroxyl groups is 1. The van der Waals surface area contributed by atoms with Gasteiger partial charge in [0.1, 0.15) is 17.1 Å². The number of carbonyl (C=O) groups is 1. The normalized spacial score (nSPS) is 11.6. The minimum Gasteiger partial charge on any atom is -0.507 e. The molecule has 0 aliphatic rings. The second-order valence-electron chi connectivity index (χ2n) is 11.3. The number of carboxylic acid groups (broad SMARTS) is 1. The zero-order valence-electron chi connectivity index (χ0n) is 24.3. The molecule has 0 saturated heterocycles. The smallest absolute Gasteiger partial charge is 0.339 e. The Morgan fingerprint density at radius 3 is 1.66 bits per heavy atom. The van der Waals surface area contributed by atoms with Crippen molar-refractivity contribution in [2.75, 3.05) is 6.61 Å². The van der Waals surface area contributed by atoms with Crippen LogP contribution >= 0.6 is 0 Å². The summed E-state index contributed by atoms with van der Waals surface area (Å²) in [7, 11) is 0. The molecule has 0 aliphatic carbocycles. The quantitative estimate of drug-likeness (QED) is 0.159. The minimum atomic E-state index is -1.13. The number of unbranched alkanes of at least 4 members (excludes halogenated alkanes) is 15. The van der Waals surface area contributed by atoms with Gasteiger partial charge in [0, 0.05) is 11.0 Å². The lowest BCUT2D eigenvalue weighted by Gasteiger charge is -2.27. The standard InChI is InChI=1S/C34H52O4/c1-4-5-6-7-8-9-10-11-12-13-14-15-16-17-18-19-27-38-29-25-23-28(24-26-29)34(2,3)31-22-20-21-30(32(31)35)33(36)37/h20-26,35H,4-19,27H2,1-3H3,(H,36,37). The fourth-order valence-corrected chi connectivity index (χ4v) is 5.18. The van der Waals surface area contributed by atoms with Gasteiger partial charge in [-0.1, -0.05) is 141 Å². The molecule has 2 aromatic carbocycles. The van der Waals surface area contributed by atoms with Gasteiger partial charge in [0.25, 0.3) is 0 Å². The van der Waals surface area contributed by atoms with Crippen molar-refractivity contribution >= 4 is 5.97 Å². The Kier molecular flexibility index (Phi) is 15.0. The largest absolute Gasteiger partial charge is 0.507 e. The van der Waals surface area contributed by atoms with E-state index in [9.17, 15) is 15.0 Å². The number of carboxylic acids is 1. The number of hydrogen-bond donors (Lipinski definition) is 2. The predicted octanol–water partition coefficient (Wildman–Crippen LogP) is 10.1. The van der Waals surface area contributed by atoms with Crippen molar-refractivity contribution in [2.24, 2.45) is 0 Å². The molecule has 0 bridgehead atoms. The summed E-state index contributed by atoms with van der Waals surface area (Å²) in [6, 6.07) is 12.8. The highest BCUT2D eigenvalue weighted by atomic mass is 16.5. The molecule has 2 rings (SSSR count).